The topological polar surface area (TPSA) is 17.8 Å². The summed E-state index contributed by atoms with van der Waals surface area (Å²) in [6.07, 6.45) is 12.6. The van der Waals surface area contributed by atoms with Crippen LogP contribution in [0.5, 0.6) is 0 Å². The van der Waals surface area contributed by atoms with Gasteiger partial charge in [-0.3, -0.25) is 4.57 Å². The minimum absolute atomic E-state index is 0.0854. The number of para-hydroxylation sites is 1. The van der Waals surface area contributed by atoms with Gasteiger partial charge in [0.25, 0.3) is 0 Å². The number of hydrogen-bond acceptors (Lipinski definition) is 1. The summed E-state index contributed by atoms with van der Waals surface area (Å²) in [6.45, 7) is 6.79. The highest BCUT2D eigenvalue weighted by Gasteiger charge is 2.45. The molecule has 10 rings (SSSR count). The Morgan fingerprint density at radius 3 is 2.02 bits per heavy atom. The second-order valence-electron chi connectivity index (χ2n) is 15.6. The zero-order chi connectivity index (χ0) is 38.5. The number of imidazole rings is 1. The van der Waals surface area contributed by atoms with Crippen LogP contribution in [0.25, 0.3) is 55.8 Å². The van der Waals surface area contributed by atoms with Crippen LogP contribution in [0.2, 0.25) is 0 Å². The van der Waals surface area contributed by atoms with E-state index < -0.39 is 0 Å². The molecule has 57 heavy (non-hydrogen) atoms. The van der Waals surface area contributed by atoms with Gasteiger partial charge in [-0.2, -0.15) is 0 Å². The van der Waals surface area contributed by atoms with Gasteiger partial charge in [0.2, 0.25) is 0 Å². The van der Waals surface area contributed by atoms with Gasteiger partial charge in [-0.05, 0) is 104 Å². The van der Waals surface area contributed by atoms with E-state index in [2.05, 4.69) is 220 Å². The van der Waals surface area contributed by atoms with Crippen molar-refractivity contribution in [3.05, 3.63) is 233 Å². The van der Waals surface area contributed by atoms with E-state index in [1.165, 1.54) is 66.1 Å². The van der Waals surface area contributed by atoms with Gasteiger partial charge in [-0.25, -0.2) is 4.98 Å². The number of rotatable bonds is 7. The molecular formula is C55H44N2. The van der Waals surface area contributed by atoms with Crippen molar-refractivity contribution >= 4 is 38.8 Å². The van der Waals surface area contributed by atoms with Crippen LogP contribution in [0.3, 0.4) is 0 Å². The largest absolute Gasteiger partial charge is 0.296 e. The first-order chi connectivity index (χ1) is 28.0. The summed E-state index contributed by atoms with van der Waals surface area (Å²) in [5, 5.41) is 5.04. The third-order valence-corrected chi connectivity index (χ3v) is 12.3. The van der Waals surface area contributed by atoms with E-state index in [-0.39, 0.29) is 11.3 Å². The molecule has 0 fully saturated rings. The molecule has 2 nitrogen and oxygen atoms in total. The van der Waals surface area contributed by atoms with E-state index in [9.17, 15) is 0 Å². The number of nitrogens with zero attached hydrogens (tertiary/aromatic N) is 2. The van der Waals surface area contributed by atoms with Gasteiger partial charge in [0.05, 0.1) is 5.69 Å². The molecule has 2 aliphatic rings. The lowest BCUT2D eigenvalue weighted by Gasteiger charge is -2.45. The lowest BCUT2D eigenvalue weighted by Crippen LogP contribution is -2.38. The Balaban J connectivity index is 1.13. The number of allylic oxidation sites excluding steroid dienone is 6. The highest BCUT2D eigenvalue weighted by molar-refractivity contribution is 5.96. The van der Waals surface area contributed by atoms with Crippen molar-refractivity contribution in [1.82, 2.24) is 9.55 Å². The average Bonchev–Trinajstić information content (AvgIpc) is 3.61. The first-order valence-electron chi connectivity index (χ1n) is 20.2. The summed E-state index contributed by atoms with van der Waals surface area (Å²) >= 11 is 0. The molecule has 7 aromatic carbocycles. The molecule has 0 N–H and O–H groups in total. The molecule has 0 saturated heterocycles. The molecule has 0 amide bonds. The molecule has 274 valence electrons. The first-order valence-corrected chi connectivity index (χ1v) is 20.2. The molecule has 0 aliphatic heterocycles. The monoisotopic (exact) mass is 732 g/mol. The van der Waals surface area contributed by atoms with Crippen LogP contribution in [0.1, 0.15) is 59.5 Å². The van der Waals surface area contributed by atoms with Gasteiger partial charge >= 0.3 is 0 Å². The van der Waals surface area contributed by atoms with Crippen molar-refractivity contribution in [3.63, 3.8) is 0 Å². The number of fused-ring (bicyclic) bond motifs is 4. The molecule has 8 aromatic rings. The van der Waals surface area contributed by atoms with Gasteiger partial charge < -0.3 is 0 Å². The van der Waals surface area contributed by atoms with Gasteiger partial charge in [0.1, 0.15) is 5.82 Å². The highest BCUT2D eigenvalue weighted by atomic mass is 15.1. The predicted molar refractivity (Wildman–Crippen MR) is 240 cm³/mol. The second-order valence-corrected chi connectivity index (χ2v) is 15.6. The number of hydrogen-bond donors (Lipinski definition) is 0. The fourth-order valence-corrected chi connectivity index (χ4v) is 9.31. The van der Waals surface area contributed by atoms with E-state index >= 15 is 0 Å². The van der Waals surface area contributed by atoms with E-state index in [1.54, 1.807) is 0 Å². The smallest absolute Gasteiger partial charge is 0.145 e. The lowest BCUT2D eigenvalue weighted by atomic mass is 9.57. The summed E-state index contributed by atoms with van der Waals surface area (Å²) in [5.41, 5.74) is 14.4. The molecule has 0 bridgehead atoms. The standard InChI is InChI=1S/C55H44N2/c1-4-5-23-52-37(2)57(47-19-7-6-8-20-47)54(56-52)41-27-24-40(25-28-41)44-31-33-49-51(36-44)55(3,46-32-30-39-16-10-12-18-43(39)35-46)50-22-14-13-21-48(50)53(49)45-29-26-38-15-9-11-17-42(38)34-45/h5-36,51H,4H2,1-3H3/b23-5-. The third-order valence-electron chi connectivity index (χ3n) is 12.3. The highest BCUT2D eigenvalue weighted by Crippen LogP contribution is 2.55. The normalized spacial score (nSPS) is 17.6. The Kier molecular flexibility index (Phi) is 8.56. The Labute approximate surface area is 335 Å². The molecule has 2 atom stereocenters. The van der Waals surface area contributed by atoms with Crippen molar-refractivity contribution in [3.8, 4) is 17.1 Å². The summed E-state index contributed by atoms with van der Waals surface area (Å²) in [5.74, 6) is 1.04. The maximum atomic E-state index is 5.18. The predicted octanol–water partition coefficient (Wildman–Crippen LogP) is 14.0. The Bertz CT molecular complexity index is 2950. The van der Waals surface area contributed by atoms with E-state index in [1.807, 2.05) is 0 Å². The quantitative estimate of drug-likeness (QED) is 0.160. The molecule has 0 saturated carbocycles. The van der Waals surface area contributed by atoms with E-state index in [4.69, 9.17) is 4.98 Å². The lowest BCUT2D eigenvalue weighted by molar-refractivity contribution is 0.464. The Morgan fingerprint density at radius 1 is 0.632 bits per heavy atom. The van der Waals surface area contributed by atoms with Crippen LogP contribution >= 0.6 is 0 Å². The molecule has 2 unspecified atom stereocenters. The average molecular weight is 733 g/mol. The SMILES string of the molecule is CC/C=C\c1nc(-c2ccc(C3=CC4C(=C(c5ccc6ccccc6c5)c5ccccc5C4(C)c4ccc5ccccc5c4)C=C3)cc2)n(-c2ccccc2)c1C. The molecule has 0 spiro atoms. The maximum absolute atomic E-state index is 5.18. The van der Waals surface area contributed by atoms with E-state index in [0.29, 0.717) is 0 Å². The van der Waals surface area contributed by atoms with Gasteiger partial charge in [-0.1, -0.05) is 184 Å². The third kappa shape index (κ3) is 5.83. The van der Waals surface area contributed by atoms with Crippen molar-refractivity contribution in [2.24, 2.45) is 5.92 Å². The number of benzene rings is 7. The first kappa shape index (κ1) is 34.7. The molecule has 0 radical (unpaired) electrons. The fraction of sp³-hybridized carbons (Fsp3) is 0.109. The van der Waals surface area contributed by atoms with Gasteiger partial charge in [0.15, 0.2) is 0 Å². The van der Waals surface area contributed by atoms with Crippen LogP contribution in [0, 0.1) is 12.8 Å². The summed E-state index contributed by atoms with van der Waals surface area (Å²) < 4.78 is 2.28. The summed E-state index contributed by atoms with van der Waals surface area (Å²) in [4.78, 5) is 5.18. The van der Waals surface area contributed by atoms with Gasteiger partial charge in [0, 0.05) is 28.3 Å². The zero-order valence-corrected chi connectivity index (χ0v) is 32.7. The summed E-state index contributed by atoms with van der Waals surface area (Å²) in [7, 11) is 0. The number of aromatic nitrogens is 2. The Morgan fingerprint density at radius 2 is 1.26 bits per heavy atom. The van der Waals surface area contributed by atoms with Crippen LogP contribution in [-0.2, 0) is 5.41 Å². The molecular weight excluding hydrogens is 689 g/mol. The van der Waals surface area contributed by atoms with Crippen LogP contribution in [0.15, 0.2) is 194 Å². The van der Waals surface area contributed by atoms with Crippen LogP contribution in [-0.4, -0.2) is 9.55 Å². The minimum Gasteiger partial charge on any atom is -0.296 e. The van der Waals surface area contributed by atoms with Crippen molar-refractivity contribution < 1.29 is 0 Å². The van der Waals surface area contributed by atoms with Crippen LogP contribution in [0.4, 0.5) is 0 Å². The van der Waals surface area contributed by atoms with E-state index in [0.717, 1.165) is 34.9 Å². The van der Waals surface area contributed by atoms with Gasteiger partial charge in [-0.15, -0.1) is 0 Å². The van der Waals surface area contributed by atoms with Crippen molar-refractivity contribution in [1.29, 1.82) is 0 Å². The Hall–Kier alpha value is -6.77. The van der Waals surface area contributed by atoms with Crippen LogP contribution < -0.4 is 0 Å². The molecule has 2 heteroatoms. The molecule has 2 aliphatic carbocycles. The fourth-order valence-electron chi connectivity index (χ4n) is 9.31. The zero-order valence-electron chi connectivity index (χ0n) is 32.7. The maximum Gasteiger partial charge on any atom is 0.145 e. The molecule has 1 aromatic heterocycles. The van der Waals surface area contributed by atoms with Crippen molar-refractivity contribution in [2.45, 2.75) is 32.6 Å². The van der Waals surface area contributed by atoms with Crippen molar-refractivity contribution in [2.75, 3.05) is 0 Å². The second kappa shape index (κ2) is 14.1. The summed E-state index contributed by atoms with van der Waals surface area (Å²) in [6, 6.07) is 60.1. The minimum atomic E-state index is -0.327. The molecule has 1 heterocycles.